The lowest BCUT2D eigenvalue weighted by molar-refractivity contribution is 0.263. The van der Waals surface area contributed by atoms with E-state index in [1.54, 1.807) is 0 Å². The number of benzene rings is 1. The van der Waals surface area contributed by atoms with Gasteiger partial charge in [-0.05, 0) is 36.5 Å². The molecule has 1 atom stereocenters. The van der Waals surface area contributed by atoms with Gasteiger partial charge in [-0.25, -0.2) is 0 Å². The minimum Gasteiger partial charge on any atom is -0.415 e. The van der Waals surface area contributed by atoms with E-state index in [9.17, 15) is 0 Å². The molecule has 2 rings (SSSR count). The number of hydrogen-bond acceptors (Lipinski definition) is 2. The van der Waals surface area contributed by atoms with Gasteiger partial charge in [0.2, 0.25) is 0 Å². The third-order valence-corrected chi connectivity index (χ3v) is 9.10. The van der Waals surface area contributed by atoms with Crippen LogP contribution in [0.2, 0.25) is 18.1 Å². The van der Waals surface area contributed by atoms with Crippen molar-refractivity contribution in [3.05, 3.63) is 35.9 Å². The van der Waals surface area contributed by atoms with Crippen LogP contribution in [0.5, 0.6) is 0 Å². The molecular formula is C17H27NOSi. The van der Waals surface area contributed by atoms with Gasteiger partial charge in [-0.2, -0.15) is 0 Å². The van der Waals surface area contributed by atoms with E-state index in [0.717, 1.165) is 19.4 Å². The molecule has 0 N–H and O–H groups in total. The molecule has 0 unspecified atom stereocenters. The zero-order valence-electron chi connectivity index (χ0n) is 13.4. The molecule has 110 valence electrons. The first-order chi connectivity index (χ1) is 9.29. The molecule has 0 aromatic heterocycles. The Bertz CT molecular complexity index is 474. The molecule has 3 heteroatoms. The van der Waals surface area contributed by atoms with Crippen molar-refractivity contribution < 1.29 is 4.43 Å². The van der Waals surface area contributed by atoms with E-state index in [4.69, 9.17) is 9.42 Å². The van der Waals surface area contributed by atoms with Crippen molar-refractivity contribution in [2.24, 2.45) is 4.99 Å². The number of nitrogens with zero attached hydrogens (tertiary/aromatic N) is 1. The highest BCUT2D eigenvalue weighted by atomic mass is 28.4. The Hall–Kier alpha value is -0.933. The molecule has 0 saturated carbocycles. The van der Waals surface area contributed by atoms with Crippen molar-refractivity contribution in [2.45, 2.75) is 57.8 Å². The molecule has 1 aromatic rings. The van der Waals surface area contributed by atoms with Gasteiger partial charge in [0.05, 0.1) is 12.6 Å². The first-order valence-electron chi connectivity index (χ1n) is 7.56. The zero-order chi connectivity index (χ0) is 14.8. The van der Waals surface area contributed by atoms with E-state index in [2.05, 4.69) is 64.2 Å². The second-order valence-electron chi connectivity index (χ2n) is 7.21. The third-order valence-electron chi connectivity index (χ3n) is 4.60. The zero-order valence-corrected chi connectivity index (χ0v) is 14.4. The summed E-state index contributed by atoms with van der Waals surface area (Å²) in [5.41, 5.74) is 2.51. The second kappa shape index (κ2) is 5.82. The van der Waals surface area contributed by atoms with Gasteiger partial charge in [-0.3, -0.25) is 4.99 Å². The van der Waals surface area contributed by atoms with Crippen LogP contribution in [0.4, 0.5) is 0 Å². The van der Waals surface area contributed by atoms with Gasteiger partial charge < -0.3 is 4.43 Å². The predicted molar refractivity (Wildman–Crippen MR) is 89.2 cm³/mol. The van der Waals surface area contributed by atoms with Crippen LogP contribution in [0.25, 0.3) is 0 Å². The monoisotopic (exact) mass is 289 g/mol. The lowest BCUT2D eigenvalue weighted by atomic mass is 10.1. The smallest absolute Gasteiger partial charge is 0.192 e. The van der Waals surface area contributed by atoms with Crippen molar-refractivity contribution in [3.8, 4) is 0 Å². The molecular weight excluding hydrogens is 262 g/mol. The molecule has 1 aliphatic heterocycles. The van der Waals surface area contributed by atoms with Gasteiger partial charge in [-0.1, -0.05) is 51.1 Å². The average molecular weight is 289 g/mol. The van der Waals surface area contributed by atoms with Crippen molar-refractivity contribution >= 4 is 14.0 Å². The van der Waals surface area contributed by atoms with Crippen LogP contribution < -0.4 is 0 Å². The summed E-state index contributed by atoms with van der Waals surface area (Å²) in [5.74, 6) is 0. The van der Waals surface area contributed by atoms with Gasteiger partial charge in [-0.15, -0.1) is 0 Å². The SMILES string of the molecule is CC(C)(C)[Si](C)(C)OC[C@@H]1CCC(c2ccccc2)=N1. The minimum atomic E-state index is -1.64. The normalized spacial score (nSPS) is 20.1. The summed E-state index contributed by atoms with van der Waals surface area (Å²) >= 11 is 0. The maximum Gasteiger partial charge on any atom is 0.192 e. The molecule has 20 heavy (non-hydrogen) atoms. The summed E-state index contributed by atoms with van der Waals surface area (Å²) < 4.78 is 6.29. The first-order valence-corrected chi connectivity index (χ1v) is 10.5. The van der Waals surface area contributed by atoms with Crippen molar-refractivity contribution in [1.29, 1.82) is 0 Å². The Morgan fingerprint density at radius 3 is 2.45 bits per heavy atom. The van der Waals surface area contributed by atoms with E-state index in [1.807, 2.05) is 0 Å². The summed E-state index contributed by atoms with van der Waals surface area (Å²) in [6.45, 7) is 12.3. The third kappa shape index (κ3) is 3.58. The lowest BCUT2D eigenvalue weighted by Gasteiger charge is -2.36. The fourth-order valence-electron chi connectivity index (χ4n) is 2.14. The molecule has 0 saturated heterocycles. The fraction of sp³-hybridized carbons (Fsp3) is 0.588. The Balaban J connectivity index is 1.95. The van der Waals surface area contributed by atoms with Crippen molar-refractivity contribution in [1.82, 2.24) is 0 Å². The van der Waals surface area contributed by atoms with Crippen LogP contribution in [0.1, 0.15) is 39.2 Å². The molecule has 1 aliphatic rings. The van der Waals surface area contributed by atoms with Crippen LogP contribution in [-0.2, 0) is 4.43 Å². The molecule has 1 aromatic carbocycles. The number of aliphatic imine (C=N–C) groups is 1. The van der Waals surface area contributed by atoms with Gasteiger partial charge in [0.15, 0.2) is 8.32 Å². The van der Waals surface area contributed by atoms with Crippen LogP contribution >= 0.6 is 0 Å². The van der Waals surface area contributed by atoms with E-state index >= 15 is 0 Å². The maximum absolute atomic E-state index is 6.29. The predicted octanol–water partition coefficient (Wildman–Crippen LogP) is 4.66. The molecule has 0 radical (unpaired) electrons. The Morgan fingerprint density at radius 2 is 1.85 bits per heavy atom. The molecule has 1 heterocycles. The fourth-order valence-corrected chi connectivity index (χ4v) is 3.19. The number of rotatable bonds is 4. The quantitative estimate of drug-likeness (QED) is 0.739. The standard InChI is InChI=1S/C17H27NOSi/c1-17(2,3)20(4,5)19-13-15-11-12-16(18-15)14-9-7-6-8-10-14/h6-10,15H,11-13H2,1-5H3/t15-/m0/s1. The van der Waals surface area contributed by atoms with Crippen LogP contribution in [0, 0.1) is 0 Å². The summed E-state index contributed by atoms with van der Waals surface area (Å²) in [6, 6.07) is 10.9. The Labute approximate surface area is 124 Å². The van der Waals surface area contributed by atoms with Crippen molar-refractivity contribution in [2.75, 3.05) is 6.61 Å². The van der Waals surface area contributed by atoms with Gasteiger partial charge >= 0.3 is 0 Å². The summed E-state index contributed by atoms with van der Waals surface area (Å²) in [6.07, 6.45) is 2.20. The van der Waals surface area contributed by atoms with E-state index < -0.39 is 8.32 Å². The average Bonchev–Trinajstić information content (AvgIpc) is 2.85. The molecule has 0 fully saturated rings. The molecule has 0 aliphatic carbocycles. The van der Waals surface area contributed by atoms with E-state index in [0.29, 0.717) is 6.04 Å². The molecule has 0 spiro atoms. The maximum atomic E-state index is 6.29. The Kier molecular flexibility index (Phi) is 4.50. The largest absolute Gasteiger partial charge is 0.415 e. The lowest BCUT2D eigenvalue weighted by Crippen LogP contribution is -2.42. The molecule has 0 bridgehead atoms. The highest BCUT2D eigenvalue weighted by Crippen LogP contribution is 2.37. The number of hydrogen-bond donors (Lipinski definition) is 0. The molecule has 0 amide bonds. The minimum absolute atomic E-state index is 0.275. The van der Waals surface area contributed by atoms with Gasteiger partial charge in [0.1, 0.15) is 0 Å². The summed E-state index contributed by atoms with van der Waals surface area (Å²) in [7, 11) is -1.64. The van der Waals surface area contributed by atoms with E-state index in [1.165, 1.54) is 11.3 Å². The van der Waals surface area contributed by atoms with Gasteiger partial charge in [0.25, 0.3) is 0 Å². The van der Waals surface area contributed by atoms with Gasteiger partial charge in [0, 0.05) is 5.71 Å². The first kappa shape index (κ1) is 15.5. The van der Waals surface area contributed by atoms with Crippen LogP contribution in [-0.4, -0.2) is 26.7 Å². The topological polar surface area (TPSA) is 21.6 Å². The highest BCUT2D eigenvalue weighted by molar-refractivity contribution is 6.74. The highest BCUT2D eigenvalue weighted by Gasteiger charge is 2.37. The summed E-state index contributed by atoms with van der Waals surface area (Å²) in [5, 5.41) is 0.275. The van der Waals surface area contributed by atoms with E-state index in [-0.39, 0.29) is 5.04 Å². The molecule has 2 nitrogen and oxygen atoms in total. The summed E-state index contributed by atoms with van der Waals surface area (Å²) in [4.78, 5) is 4.86. The van der Waals surface area contributed by atoms with Crippen LogP contribution in [0.3, 0.4) is 0 Å². The van der Waals surface area contributed by atoms with Crippen LogP contribution in [0.15, 0.2) is 35.3 Å². The Morgan fingerprint density at radius 1 is 1.20 bits per heavy atom. The second-order valence-corrected chi connectivity index (χ2v) is 12.0. The van der Waals surface area contributed by atoms with Crippen molar-refractivity contribution in [3.63, 3.8) is 0 Å².